The topological polar surface area (TPSA) is 74.9 Å². The van der Waals surface area contributed by atoms with E-state index in [1.165, 1.54) is 0 Å². The van der Waals surface area contributed by atoms with Gasteiger partial charge in [-0.3, -0.25) is 4.90 Å². The molecule has 1 aromatic carbocycles. The van der Waals surface area contributed by atoms with Gasteiger partial charge in [-0.2, -0.15) is 4.98 Å². The lowest BCUT2D eigenvalue weighted by molar-refractivity contribution is 0.0367. The van der Waals surface area contributed by atoms with Crippen molar-refractivity contribution in [1.82, 2.24) is 24.8 Å². The molecule has 2 amide bonds. The first-order valence-corrected chi connectivity index (χ1v) is 9.91. The molecule has 2 fully saturated rings. The zero-order valence-electron chi connectivity index (χ0n) is 15.0. The smallest absolute Gasteiger partial charge is 0.320 e. The number of benzene rings is 1. The Labute approximate surface area is 166 Å². The van der Waals surface area contributed by atoms with Crippen LogP contribution in [0.4, 0.5) is 4.79 Å². The second-order valence-corrected chi connectivity index (χ2v) is 7.58. The molecule has 0 N–H and O–H groups in total. The zero-order chi connectivity index (χ0) is 18.6. The number of carbonyl (C=O) groups excluding carboxylic acids is 1. The molecule has 0 atom stereocenters. The Balaban J connectivity index is 1.30. The zero-order valence-corrected chi connectivity index (χ0v) is 16.6. The average molecular weight is 436 g/mol. The fraction of sp³-hybridized carbons (Fsp3) is 0.500. The molecule has 0 bridgehead atoms. The van der Waals surface area contributed by atoms with Crippen LogP contribution in [-0.2, 0) is 11.3 Å². The summed E-state index contributed by atoms with van der Waals surface area (Å²) < 4.78 is 11.7. The maximum atomic E-state index is 12.5. The van der Waals surface area contributed by atoms with Gasteiger partial charge in [-0.1, -0.05) is 33.2 Å². The van der Waals surface area contributed by atoms with Crippen molar-refractivity contribution >= 4 is 22.0 Å². The number of amides is 2. The fourth-order valence-electron chi connectivity index (χ4n) is 3.31. The molecular weight excluding hydrogens is 414 g/mol. The number of halogens is 1. The minimum Gasteiger partial charge on any atom is -0.378 e. The van der Waals surface area contributed by atoms with Gasteiger partial charge in [-0.15, -0.1) is 0 Å². The molecule has 144 valence electrons. The molecule has 2 aliphatic rings. The Morgan fingerprint density at radius 2 is 1.81 bits per heavy atom. The lowest BCUT2D eigenvalue weighted by atomic mass is 10.2. The van der Waals surface area contributed by atoms with Gasteiger partial charge < -0.3 is 19.1 Å². The first-order valence-electron chi connectivity index (χ1n) is 9.11. The van der Waals surface area contributed by atoms with Crippen LogP contribution in [0.5, 0.6) is 0 Å². The van der Waals surface area contributed by atoms with Gasteiger partial charge in [0, 0.05) is 49.3 Å². The summed E-state index contributed by atoms with van der Waals surface area (Å²) in [6.07, 6.45) is 0. The normalized spacial score (nSPS) is 18.7. The van der Waals surface area contributed by atoms with Crippen molar-refractivity contribution in [2.45, 2.75) is 6.54 Å². The van der Waals surface area contributed by atoms with Crippen LogP contribution >= 0.6 is 15.9 Å². The lowest BCUT2D eigenvalue weighted by Gasteiger charge is -2.38. The number of hydrogen-bond donors (Lipinski definition) is 0. The molecule has 2 aliphatic heterocycles. The molecule has 27 heavy (non-hydrogen) atoms. The van der Waals surface area contributed by atoms with Gasteiger partial charge in [-0.05, 0) is 12.1 Å². The van der Waals surface area contributed by atoms with Gasteiger partial charge >= 0.3 is 6.03 Å². The second kappa shape index (κ2) is 8.37. The van der Waals surface area contributed by atoms with E-state index in [4.69, 9.17) is 9.26 Å². The number of aromatic nitrogens is 2. The minimum absolute atomic E-state index is 0.118. The van der Waals surface area contributed by atoms with Crippen molar-refractivity contribution < 1.29 is 14.1 Å². The van der Waals surface area contributed by atoms with Crippen LogP contribution in [0.1, 0.15) is 5.89 Å². The van der Waals surface area contributed by atoms with Crippen LogP contribution in [0.3, 0.4) is 0 Å². The van der Waals surface area contributed by atoms with Crippen molar-refractivity contribution in [2.75, 3.05) is 52.5 Å². The molecule has 2 aromatic rings. The third-order valence-electron chi connectivity index (χ3n) is 4.83. The van der Waals surface area contributed by atoms with Crippen molar-refractivity contribution in [3.05, 3.63) is 34.6 Å². The van der Waals surface area contributed by atoms with Gasteiger partial charge in [0.2, 0.25) is 11.7 Å². The average Bonchev–Trinajstić information content (AvgIpc) is 3.17. The van der Waals surface area contributed by atoms with Gasteiger partial charge in [0.15, 0.2) is 0 Å². The minimum atomic E-state index is 0.118. The highest BCUT2D eigenvalue weighted by atomic mass is 79.9. The molecule has 0 unspecified atom stereocenters. The number of nitrogens with zero attached hydrogens (tertiary/aromatic N) is 5. The Morgan fingerprint density at radius 1 is 1.07 bits per heavy atom. The van der Waals surface area contributed by atoms with E-state index in [0.29, 0.717) is 57.7 Å². The summed E-state index contributed by atoms with van der Waals surface area (Å²) in [7, 11) is 0. The van der Waals surface area contributed by atoms with Crippen molar-refractivity contribution in [3.8, 4) is 11.4 Å². The summed E-state index contributed by atoms with van der Waals surface area (Å²) in [5.41, 5.74) is 0.917. The van der Waals surface area contributed by atoms with Gasteiger partial charge in [-0.25, -0.2) is 4.79 Å². The van der Waals surface area contributed by atoms with Crippen molar-refractivity contribution in [3.63, 3.8) is 0 Å². The highest BCUT2D eigenvalue weighted by molar-refractivity contribution is 9.10. The van der Waals surface area contributed by atoms with Crippen LogP contribution in [0, 0.1) is 0 Å². The number of carbonyl (C=O) groups is 1. The molecule has 3 heterocycles. The highest BCUT2D eigenvalue weighted by Crippen LogP contribution is 2.21. The molecule has 9 heteroatoms. The van der Waals surface area contributed by atoms with Crippen molar-refractivity contribution in [2.24, 2.45) is 0 Å². The van der Waals surface area contributed by atoms with E-state index in [0.717, 1.165) is 23.1 Å². The highest BCUT2D eigenvalue weighted by Gasteiger charge is 2.27. The number of morpholine rings is 1. The molecule has 1 aromatic heterocycles. The van der Waals surface area contributed by atoms with Gasteiger partial charge in [0.25, 0.3) is 0 Å². The van der Waals surface area contributed by atoms with E-state index in [2.05, 4.69) is 31.0 Å². The summed E-state index contributed by atoms with van der Waals surface area (Å²) >= 11 is 3.45. The molecule has 0 spiro atoms. The second-order valence-electron chi connectivity index (χ2n) is 6.67. The molecule has 8 nitrogen and oxygen atoms in total. The summed E-state index contributed by atoms with van der Waals surface area (Å²) in [4.78, 5) is 23.1. The number of rotatable bonds is 3. The summed E-state index contributed by atoms with van der Waals surface area (Å²) in [5, 5.41) is 4.08. The van der Waals surface area contributed by atoms with E-state index in [1.807, 2.05) is 34.1 Å². The number of urea groups is 1. The van der Waals surface area contributed by atoms with E-state index in [-0.39, 0.29) is 6.03 Å². The van der Waals surface area contributed by atoms with Crippen LogP contribution in [0.2, 0.25) is 0 Å². The maximum Gasteiger partial charge on any atom is 0.320 e. The maximum absolute atomic E-state index is 12.5. The summed E-state index contributed by atoms with van der Waals surface area (Å²) in [6.45, 7) is 6.23. The Hall–Kier alpha value is -1.97. The Bertz CT molecular complexity index is 785. The molecule has 0 aliphatic carbocycles. The quantitative estimate of drug-likeness (QED) is 0.734. The fourth-order valence-corrected chi connectivity index (χ4v) is 3.71. The van der Waals surface area contributed by atoms with E-state index < -0.39 is 0 Å². The monoisotopic (exact) mass is 435 g/mol. The van der Waals surface area contributed by atoms with E-state index in [1.54, 1.807) is 0 Å². The van der Waals surface area contributed by atoms with Crippen LogP contribution in [-0.4, -0.2) is 83.4 Å². The SMILES string of the molecule is O=C(N1CCOCC1)N1CCN(Cc2nc(-c3cccc(Br)c3)no2)CC1. The largest absolute Gasteiger partial charge is 0.378 e. The molecule has 2 saturated heterocycles. The predicted molar refractivity (Wildman–Crippen MR) is 102 cm³/mol. The van der Waals surface area contributed by atoms with Gasteiger partial charge in [0.05, 0.1) is 19.8 Å². The van der Waals surface area contributed by atoms with Crippen LogP contribution in [0.25, 0.3) is 11.4 Å². The molecule has 4 rings (SSSR count). The number of piperazine rings is 1. The van der Waals surface area contributed by atoms with Crippen molar-refractivity contribution in [1.29, 1.82) is 0 Å². The number of hydrogen-bond acceptors (Lipinski definition) is 6. The summed E-state index contributed by atoms with van der Waals surface area (Å²) in [6, 6.07) is 7.94. The van der Waals surface area contributed by atoms with Gasteiger partial charge in [0.1, 0.15) is 0 Å². The first kappa shape index (κ1) is 18.4. The predicted octanol–water partition coefficient (Wildman–Crippen LogP) is 2.07. The van der Waals surface area contributed by atoms with Crippen LogP contribution < -0.4 is 0 Å². The Morgan fingerprint density at radius 3 is 2.56 bits per heavy atom. The first-order chi connectivity index (χ1) is 13.2. The van der Waals surface area contributed by atoms with E-state index in [9.17, 15) is 4.79 Å². The molecular formula is C18H22BrN5O3. The van der Waals surface area contributed by atoms with Crippen LogP contribution in [0.15, 0.2) is 33.3 Å². The molecule has 0 radical (unpaired) electrons. The third kappa shape index (κ3) is 4.48. The molecule has 0 saturated carbocycles. The standard InChI is InChI=1S/C18H22BrN5O3/c19-15-3-1-2-14(12-15)17-20-16(27-21-17)13-22-4-6-23(7-5-22)18(25)24-8-10-26-11-9-24/h1-3,12H,4-11,13H2. The summed E-state index contributed by atoms with van der Waals surface area (Å²) in [5.74, 6) is 1.19. The lowest BCUT2D eigenvalue weighted by Crippen LogP contribution is -2.54. The third-order valence-corrected chi connectivity index (χ3v) is 5.33. The number of ether oxygens (including phenoxy) is 1. The van der Waals surface area contributed by atoms with E-state index >= 15 is 0 Å². The Kier molecular flexibility index (Phi) is 5.70.